The molecule has 1 aromatic rings. The molecule has 0 aromatic heterocycles. The smallest absolute Gasteiger partial charge is 0.0500 e. The van der Waals surface area contributed by atoms with Gasteiger partial charge in [0, 0.05) is 44.2 Å². The monoisotopic (exact) mass is 298 g/mol. The standard InChI is InChI=1S/C16H26N2O.ClH/c1-13-5-4-6-14(11-13)15(16(2,3)12-19)18-9-7-17-8-10-18;/h4-6,11,15,17,19H,7-10,12H2,1-3H3;1H/t15-;/m1./s1. The number of nitrogens with zero attached hydrogens (tertiary/aromatic N) is 1. The van der Waals surface area contributed by atoms with E-state index in [1.165, 1.54) is 11.1 Å². The summed E-state index contributed by atoms with van der Waals surface area (Å²) in [5.74, 6) is 0. The summed E-state index contributed by atoms with van der Waals surface area (Å²) in [6.45, 7) is 10.8. The second kappa shape index (κ2) is 7.41. The molecule has 0 aliphatic carbocycles. The van der Waals surface area contributed by atoms with E-state index >= 15 is 0 Å². The molecule has 1 heterocycles. The van der Waals surface area contributed by atoms with Crippen LogP contribution in [0.4, 0.5) is 0 Å². The quantitative estimate of drug-likeness (QED) is 0.896. The Morgan fingerprint density at radius 1 is 1.30 bits per heavy atom. The first-order valence-corrected chi connectivity index (χ1v) is 7.17. The highest BCUT2D eigenvalue weighted by atomic mass is 35.5. The van der Waals surface area contributed by atoms with Gasteiger partial charge in [-0.3, -0.25) is 4.90 Å². The van der Waals surface area contributed by atoms with Crippen molar-refractivity contribution in [2.45, 2.75) is 26.8 Å². The van der Waals surface area contributed by atoms with Gasteiger partial charge in [-0.15, -0.1) is 12.4 Å². The molecule has 1 aliphatic heterocycles. The summed E-state index contributed by atoms with van der Waals surface area (Å²) in [6, 6.07) is 8.97. The highest BCUT2D eigenvalue weighted by Crippen LogP contribution is 2.38. The van der Waals surface area contributed by atoms with Crippen LogP contribution in [0.5, 0.6) is 0 Å². The van der Waals surface area contributed by atoms with Gasteiger partial charge in [-0.25, -0.2) is 0 Å². The molecule has 0 radical (unpaired) electrons. The van der Waals surface area contributed by atoms with Gasteiger partial charge in [0.25, 0.3) is 0 Å². The van der Waals surface area contributed by atoms with E-state index in [2.05, 4.69) is 55.3 Å². The Hall–Kier alpha value is -0.610. The van der Waals surface area contributed by atoms with Crippen molar-refractivity contribution in [1.82, 2.24) is 10.2 Å². The summed E-state index contributed by atoms with van der Waals surface area (Å²) in [6.07, 6.45) is 0. The molecule has 3 nitrogen and oxygen atoms in total. The summed E-state index contributed by atoms with van der Waals surface area (Å²) in [5.41, 5.74) is 2.47. The summed E-state index contributed by atoms with van der Waals surface area (Å²) < 4.78 is 0. The predicted molar refractivity (Wildman–Crippen MR) is 86.5 cm³/mol. The molecule has 0 amide bonds. The maximum absolute atomic E-state index is 9.78. The summed E-state index contributed by atoms with van der Waals surface area (Å²) in [4.78, 5) is 2.50. The van der Waals surface area contributed by atoms with E-state index in [1.807, 2.05) is 0 Å². The molecule has 1 fully saturated rings. The summed E-state index contributed by atoms with van der Waals surface area (Å²) >= 11 is 0. The molecule has 2 rings (SSSR count). The third-order valence-electron chi connectivity index (χ3n) is 4.02. The van der Waals surface area contributed by atoms with Crippen LogP contribution >= 0.6 is 12.4 Å². The third kappa shape index (κ3) is 3.95. The third-order valence-corrected chi connectivity index (χ3v) is 4.02. The lowest BCUT2D eigenvalue weighted by Crippen LogP contribution is -2.49. The van der Waals surface area contributed by atoms with Gasteiger partial charge in [0.15, 0.2) is 0 Å². The van der Waals surface area contributed by atoms with E-state index in [0.29, 0.717) is 0 Å². The Morgan fingerprint density at radius 2 is 1.95 bits per heavy atom. The average Bonchev–Trinajstić information content (AvgIpc) is 2.40. The van der Waals surface area contributed by atoms with Crippen LogP contribution in [-0.4, -0.2) is 42.8 Å². The van der Waals surface area contributed by atoms with E-state index in [4.69, 9.17) is 0 Å². The highest BCUT2D eigenvalue weighted by Gasteiger charge is 2.35. The fraction of sp³-hybridized carbons (Fsp3) is 0.625. The van der Waals surface area contributed by atoms with E-state index < -0.39 is 0 Å². The fourth-order valence-electron chi connectivity index (χ4n) is 3.02. The molecule has 0 spiro atoms. The number of aliphatic hydroxyl groups excluding tert-OH is 1. The van der Waals surface area contributed by atoms with Crippen LogP contribution in [0.1, 0.15) is 31.0 Å². The summed E-state index contributed by atoms with van der Waals surface area (Å²) in [5, 5.41) is 13.2. The number of aliphatic hydroxyl groups is 1. The number of aryl methyl sites for hydroxylation is 1. The topological polar surface area (TPSA) is 35.5 Å². The second-order valence-corrected chi connectivity index (χ2v) is 6.25. The minimum atomic E-state index is -0.134. The zero-order valence-corrected chi connectivity index (χ0v) is 13.5. The van der Waals surface area contributed by atoms with Crippen LogP contribution in [0.2, 0.25) is 0 Å². The van der Waals surface area contributed by atoms with Gasteiger partial charge in [0.1, 0.15) is 0 Å². The van der Waals surface area contributed by atoms with Crippen LogP contribution in [0.3, 0.4) is 0 Å². The Labute approximate surface area is 128 Å². The van der Waals surface area contributed by atoms with Gasteiger partial charge in [-0.05, 0) is 12.5 Å². The fourth-order valence-corrected chi connectivity index (χ4v) is 3.02. The van der Waals surface area contributed by atoms with Crippen LogP contribution < -0.4 is 5.32 Å². The van der Waals surface area contributed by atoms with Crippen LogP contribution in [-0.2, 0) is 0 Å². The zero-order valence-electron chi connectivity index (χ0n) is 12.7. The first kappa shape index (κ1) is 17.4. The lowest BCUT2D eigenvalue weighted by atomic mass is 9.79. The number of hydrogen-bond acceptors (Lipinski definition) is 3. The van der Waals surface area contributed by atoms with Crippen LogP contribution in [0, 0.1) is 12.3 Å². The molecule has 1 saturated heterocycles. The van der Waals surface area contributed by atoms with Crippen molar-refractivity contribution in [2.75, 3.05) is 32.8 Å². The molecule has 1 atom stereocenters. The van der Waals surface area contributed by atoms with Crippen LogP contribution in [0.15, 0.2) is 24.3 Å². The van der Waals surface area contributed by atoms with E-state index in [9.17, 15) is 5.11 Å². The lowest BCUT2D eigenvalue weighted by molar-refractivity contribution is 0.0305. The highest BCUT2D eigenvalue weighted by molar-refractivity contribution is 5.85. The molecule has 20 heavy (non-hydrogen) atoms. The van der Waals surface area contributed by atoms with Gasteiger partial charge < -0.3 is 10.4 Å². The average molecular weight is 299 g/mol. The molecule has 0 saturated carbocycles. The maximum Gasteiger partial charge on any atom is 0.0500 e. The Bertz CT molecular complexity index is 417. The van der Waals surface area contributed by atoms with E-state index in [0.717, 1.165) is 26.2 Å². The zero-order chi connectivity index (χ0) is 13.9. The molecule has 4 heteroatoms. The van der Waals surface area contributed by atoms with Crippen molar-refractivity contribution in [3.63, 3.8) is 0 Å². The Balaban J connectivity index is 0.00000200. The molecular formula is C16H27ClN2O. The number of piperazine rings is 1. The van der Waals surface area contributed by atoms with Crippen molar-refractivity contribution in [3.8, 4) is 0 Å². The first-order chi connectivity index (χ1) is 9.04. The lowest BCUT2D eigenvalue weighted by Gasteiger charge is -2.43. The number of rotatable bonds is 4. The van der Waals surface area contributed by atoms with E-state index in [-0.39, 0.29) is 30.5 Å². The molecule has 1 aliphatic rings. The summed E-state index contributed by atoms with van der Waals surface area (Å²) in [7, 11) is 0. The SMILES string of the molecule is Cc1cccc([C@@H](N2CCNCC2)C(C)(C)CO)c1.Cl. The first-order valence-electron chi connectivity index (χ1n) is 7.17. The maximum atomic E-state index is 9.78. The van der Waals surface area contributed by atoms with Gasteiger partial charge in [0.05, 0.1) is 0 Å². The normalized spacial score (nSPS) is 18.4. The second-order valence-electron chi connectivity index (χ2n) is 6.25. The van der Waals surface area contributed by atoms with Gasteiger partial charge in [0.2, 0.25) is 0 Å². The minimum absolute atomic E-state index is 0. The number of hydrogen-bond donors (Lipinski definition) is 2. The van der Waals surface area contributed by atoms with Crippen molar-refractivity contribution in [2.24, 2.45) is 5.41 Å². The van der Waals surface area contributed by atoms with Crippen molar-refractivity contribution in [1.29, 1.82) is 0 Å². The largest absolute Gasteiger partial charge is 0.396 e. The van der Waals surface area contributed by atoms with Crippen LogP contribution in [0.25, 0.3) is 0 Å². The molecule has 0 bridgehead atoms. The van der Waals surface area contributed by atoms with E-state index in [1.54, 1.807) is 0 Å². The number of benzene rings is 1. The predicted octanol–water partition coefficient (Wildman–Crippen LogP) is 2.38. The number of halogens is 1. The number of nitrogens with one attached hydrogen (secondary N) is 1. The Morgan fingerprint density at radius 3 is 2.50 bits per heavy atom. The van der Waals surface area contributed by atoms with Crippen molar-refractivity contribution >= 4 is 12.4 Å². The Kier molecular flexibility index (Phi) is 6.46. The van der Waals surface area contributed by atoms with Crippen molar-refractivity contribution < 1.29 is 5.11 Å². The molecular weight excluding hydrogens is 272 g/mol. The van der Waals surface area contributed by atoms with Gasteiger partial charge >= 0.3 is 0 Å². The van der Waals surface area contributed by atoms with Gasteiger partial charge in [-0.2, -0.15) is 0 Å². The molecule has 1 aromatic carbocycles. The molecule has 114 valence electrons. The molecule has 2 N–H and O–H groups in total. The van der Waals surface area contributed by atoms with Crippen molar-refractivity contribution in [3.05, 3.63) is 35.4 Å². The van der Waals surface area contributed by atoms with Gasteiger partial charge in [-0.1, -0.05) is 43.7 Å². The molecule has 0 unspecified atom stereocenters. The minimum Gasteiger partial charge on any atom is -0.396 e.